The summed E-state index contributed by atoms with van der Waals surface area (Å²) in [5, 5.41) is 0. The highest BCUT2D eigenvalue weighted by Crippen LogP contribution is 2.38. The molecule has 0 bridgehead atoms. The lowest BCUT2D eigenvalue weighted by molar-refractivity contribution is -0.152. The maximum atomic E-state index is 12.4. The molecule has 3 atom stereocenters. The van der Waals surface area contributed by atoms with Crippen LogP contribution in [0.1, 0.15) is 39.5 Å². The van der Waals surface area contributed by atoms with Crippen LogP contribution < -0.4 is 0 Å². The highest BCUT2D eigenvalue weighted by molar-refractivity contribution is 5.96. The predicted molar refractivity (Wildman–Crippen MR) is 89.9 cm³/mol. The van der Waals surface area contributed by atoms with E-state index in [9.17, 15) is 9.59 Å². The first-order chi connectivity index (χ1) is 11.0. The number of rotatable bonds is 5. The molecule has 0 aromatic rings. The van der Waals surface area contributed by atoms with Gasteiger partial charge in [0.2, 0.25) is 0 Å². The van der Waals surface area contributed by atoms with Crippen LogP contribution in [0.5, 0.6) is 0 Å². The van der Waals surface area contributed by atoms with Crippen molar-refractivity contribution >= 4 is 11.8 Å². The van der Waals surface area contributed by atoms with Crippen molar-refractivity contribution in [3.63, 3.8) is 0 Å². The van der Waals surface area contributed by atoms with Crippen molar-refractivity contribution in [3.05, 3.63) is 11.8 Å². The number of fused-ring (bicyclic) bond motifs is 1. The van der Waals surface area contributed by atoms with Crippen molar-refractivity contribution < 1.29 is 14.3 Å². The number of carbonyl (C=O) groups excluding carboxylic acids is 2. The Morgan fingerprint density at radius 2 is 2.09 bits per heavy atom. The maximum absolute atomic E-state index is 12.4. The third-order valence-corrected chi connectivity index (χ3v) is 4.83. The summed E-state index contributed by atoms with van der Waals surface area (Å²) in [4.78, 5) is 28.9. The molecule has 0 radical (unpaired) electrons. The summed E-state index contributed by atoms with van der Waals surface area (Å²) in [5.41, 5.74) is 0.923. The van der Waals surface area contributed by atoms with Gasteiger partial charge < -0.3 is 9.64 Å². The van der Waals surface area contributed by atoms with Crippen molar-refractivity contribution in [2.24, 2.45) is 11.8 Å². The Morgan fingerprint density at radius 3 is 2.70 bits per heavy atom. The van der Waals surface area contributed by atoms with Gasteiger partial charge in [-0.3, -0.25) is 14.5 Å². The predicted octanol–water partition coefficient (Wildman–Crippen LogP) is 2.07. The molecular formula is C18H30N2O3. The van der Waals surface area contributed by atoms with Crippen LogP contribution in [0.4, 0.5) is 0 Å². The quantitative estimate of drug-likeness (QED) is 0.573. The highest BCUT2D eigenvalue weighted by atomic mass is 16.5. The van der Waals surface area contributed by atoms with Gasteiger partial charge in [0.25, 0.3) is 0 Å². The molecule has 1 aliphatic carbocycles. The van der Waals surface area contributed by atoms with Crippen LogP contribution in [0.25, 0.3) is 0 Å². The fourth-order valence-electron chi connectivity index (χ4n) is 3.95. The van der Waals surface area contributed by atoms with E-state index in [1.807, 2.05) is 32.1 Å². The van der Waals surface area contributed by atoms with Gasteiger partial charge in [-0.1, -0.05) is 6.92 Å². The van der Waals surface area contributed by atoms with Crippen molar-refractivity contribution in [3.8, 4) is 0 Å². The van der Waals surface area contributed by atoms with E-state index < -0.39 is 0 Å². The second-order valence-electron chi connectivity index (χ2n) is 6.96. The molecule has 0 aromatic heterocycles. The normalized spacial score (nSPS) is 30.2. The molecule has 130 valence electrons. The lowest BCUT2D eigenvalue weighted by Crippen LogP contribution is -2.53. The van der Waals surface area contributed by atoms with E-state index in [4.69, 9.17) is 4.74 Å². The Hall–Kier alpha value is -1.36. The minimum atomic E-state index is -0.103. The van der Waals surface area contributed by atoms with Crippen molar-refractivity contribution in [1.82, 2.24) is 9.80 Å². The van der Waals surface area contributed by atoms with Gasteiger partial charge in [-0.05, 0) is 38.6 Å². The number of likely N-dealkylation sites (tertiary alicyclic amines) is 1. The Morgan fingerprint density at radius 1 is 1.35 bits per heavy atom. The van der Waals surface area contributed by atoms with Crippen LogP contribution >= 0.6 is 0 Å². The SMILES string of the molecule is CCCN1CC(C(=O)OCC)C[C@H]2CC(=O)C(=CN(C)C)C[C@@H]21. The Bertz CT molecular complexity index is 473. The van der Waals surface area contributed by atoms with Gasteiger partial charge in [0.1, 0.15) is 0 Å². The summed E-state index contributed by atoms with van der Waals surface area (Å²) in [6.07, 6.45) is 5.15. The van der Waals surface area contributed by atoms with Crippen molar-refractivity contribution in [2.75, 3.05) is 33.8 Å². The fourth-order valence-corrected chi connectivity index (χ4v) is 3.95. The zero-order valence-corrected chi connectivity index (χ0v) is 14.9. The topological polar surface area (TPSA) is 49.9 Å². The molecule has 0 spiro atoms. The third kappa shape index (κ3) is 4.34. The number of Topliss-reactive ketones (excluding diaryl/α,β-unsaturated/α-hetero) is 1. The number of carbonyl (C=O) groups is 2. The summed E-state index contributed by atoms with van der Waals surface area (Å²) in [7, 11) is 3.90. The first-order valence-corrected chi connectivity index (χ1v) is 8.77. The number of nitrogens with zero attached hydrogens (tertiary/aromatic N) is 2. The standard InChI is InChI=1S/C18H30N2O3/c1-5-7-20-12-15(18(22)23-6-2)8-13-10-17(21)14(9-16(13)20)11-19(3)4/h11,13,15-16H,5-10,12H2,1-4H3/t13-,15?,16-/m0/s1. The van der Waals surface area contributed by atoms with Crippen LogP contribution in [-0.2, 0) is 14.3 Å². The van der Waals surface area contributed by atoms with Crippen LogP contribution in [0.3, 0.4) is 0 Å². The molecule has 1 saturated heterocycles. The number of ether oxygens (including phenoxy) is 1. The number of hydrogen-bond acceptors (Lipinski definition) is 5. The second-order valence-corrected chi connectivity index (χ2v) is 6.96. The van der Waals surface area contributed by atoms with E-state index in [0.29, 0.717) is 19.1 Å². The van der Waals surface area contributed by atoms with Crippen LogP contribution in [0.15, 0.2) is 11.8 Å². The smallest absolute Gasteiger partial charge is 0.310 e. The minimum Gasteiger partial charge on any atom is -0.466 e. The van der Waals surface area contributed by atoms with Crippen LogP contribution in [0, 0.1) is 11.8 Å². The lowest BCUT2D eigenvalue weighted by Gasteiger charge is -2.46. The largest absolute Gasteiger partial charge is 0.466 e. The van der Waals surface area contributed by atoms with E-state index in [-0.39, 0.29) is 23.6 Å². The molecule has 2 rings (SSSR count). The average molecular weight is 322 g/mol. The Balaban J connectivity index is 2.16. The van der Waals surface area contributed by atoms with Gasteiger partial charge in [-0.2, -0.15) is 0 Å². The number of ketones is 1. The molecule has 0 aromatic carbocycles. The van der Waals surface area contributed by atoms with E-state index >= 15 is 0 Å². The van der Waals surface area contributed by atoms with E-state index in [0.717, 1.165) is 37.9 Å². The third-order valence-electron chi connectivity index (χ3n) is 4.83. The Kier molecular flexibility index (Phi) is 6.22. The van der Waals surface area contributed by atoms with Crippen molar-refractivity contribution in [2.45, 2.75) is 45.6 Å². The molecule has 2 aliphatic rings. The van der Waals surface area contributed by atoms with Gasteiger partial charge in [-0.25, -0.2) is 0 Å². The van der Waals surface area contributed by atoms with Crippen LogP contribution in [-0.4, -0.2) is 61.4 Å². The zero-order valence-electron chi connectivity index (χ0n) is 14.9. The highest BCUT2D eigenvalue weighted by Gasteiger charge is 2.43. The minimum absolute atomic E-state index is 0.0880. The molecule has 0 amide bonds. The summed E-state index contributed by atoms with van der Waals surface area (Å²) in [5.74, 6) is 0.321. The van der Waals surface area contributed by atoms with E-state index in [2.05, 4.69) is 11.8 Å². The number of esters is 1. The van der Waals surface area contributed by atoms with E-state index in [1.165, 1.54) is 0 Å². The molecule has 1 saturated carbocycles. The molecular weight excluding hydrogens is 292 g/mol. The molecule has 1 heterocycles. The average Bonchev–Trinajstić information content (AvgIpc) is 2.48. The van der Waals surface area contributed by atoms with Gasteiger partial charge in [0, 0.05) is 44.9 Å². The fraction of sp³-hybridized carbons (Fsp3) is 0.778. The molecule has 5 heteroatoms. The van der Waals surface area contributed by atoms with Gasteiger partial charge in [-0.15, -0.1) is 0 Å². The molecule has 1 unspecified atom stereocenters. The molecule has 0 N–H and O–H groups in total. The first kappa shape index (κ1) is 18.0. The lowest BCUT2D eigenvalue weighted by atomic mass is 9.72. The monoisotopic (exact) mass is 322 g/mol. The van der Waals surface area contributed by atoms with Gasteiger partial charge in [0.05, 0.1) is 12.5 Å². The second kappa shape index (κ2) is 7.95. The molecule has 5 nitrogen and oxygen atoms in total. The number of hydrogen-bond donors (Lipinski definition) is 0. The molecule has 2 fully saturated rings. The first-order valence-electron chi connectivity index (χ1n) is 8.77. The van der Waals surface area contributed by atoms with Crippen LogP contribution in [0.2, 0.25) is 0 Å². The van der Waals surface area contributed by atoms with E-state index in [1.54, 1.807) is 0 Å². The molecule has 1 aliphatic heterocycles. The summed E-state index contributed by atoms with van der Waals surface area (Å²) < 4.78 is 5.22. The molecule has 23 heavy (non-hydrogen) atoms. The van der Waals surface area contributed by atoms with Crippen molar-refractivity contribution in [1.29, 1.82) is 0 Å². The Labute approximate surface area is 139 Å². The van der Waals surface area contributed by atoms with Gasteiger partial charge in [0.15, 0.2) is 5.78 Å². The number of piperidine rings is 1. The summed E-state index contributed by atoms with van der Waals surface area (Å²) >= 11 is 0. The summed E-state index contributed by atoms with van der Waals surface area (Å²) in [6, 6.07) is 0.379. The zero-order chi connectivity index (χ0) is 17.0. The van der Waals surface area contributed by atoms with Gasteiger partial charge >= 0.3 is 5.97 Å². The summed E-state index contributed by atoms with van der Waals surface area (Å²) in [6.45, 7) is 6.16. The maximum Gasteiger partial charge on any atom is 0.310 e.